The van der Waals surface area contributed by atoms with Gasteiger partial charge in [0.15, 0.2) is 21.7 Å². The molecule has 0 spiro atoms. The lowest BCUT2D eigenvalue weighted by Crippen LogP contribution is -2.15. The normalized spacial score (nSPS) is 12.1. The van der Waals surface area contributed by atoms with Gasteiger partial charge in [-0.25, -0.2) is 9.97 Å². The molecule has 0 aliphatic carbocycles. The molecule has 0 saturated carbocycles. The average Bonchev–Trinajstić information content (AvgIpc) is 2.93. The first-order chi connectivity index (χ1) is 18.2. The van der Waals surface area contributed by atoms with E-state index in [2.05, 4.69) is 9.97 Å². The summed E-state index contributed by atoms with van der Waals surface area (Å²) >= 11 is 25.0. The van der Waals surface area contributed by atoms with Crippen LogP contribution in [0, 0.1) is 0 Å². The van der Waals surface area contributed by atoms with E-state index < -0.39 is 10.9 Å². The van der Waals surface area contributed by atoms with E-state index in [0.717, 1.165) is 0 Å². The van der Waals surface area contributed by atoms with Gasteiger partial charge >= 0.3 is 0 Å². The molecule has 7 rings (SSSR count). The van der Waals surface area contributed by atoms with E-state index in [1.165, 1.54) is 18.2 Å². The zero-order valence-electron chi connectivity index (χ0n) is 18.7. The Kier molecular flexibility index (Phi) is 4.88. The van der Waals surface area contributed by atoms with Crippen molar-refractivity contribution in [2.45, 2.75) is 0 Å². The Labute approximate surface area is 230 Å². The van der Waals surface area contributed by atoms with E-state index in [1.54, 1.807) is 30.3 Å². The van der Waals surface area contributed by atoms with Crippen molar-refractivity contribution >= 4 is 112 Å². The highest BCUT2D eigenvalue weighted by molar-refractivity contribution is 6.55. The second-order valence-electron chi connectivity index (χ2n) is 8.80. The molecule has 6 nitrogen and oxygen atoms in total. The van der Waals surface area contributed by atoms with E-state index in [0.29, 0.717) is 5.39 Å². The van der Waals surface area contributed by atoms with E-state index in [4.69, 9.17) is 46.4 Å². The summed E-state index contributed by atoms with van der Waals surface area (Å²) in [6, 6.07) is 12.6. The van der Waals surface area contributed by atoms with Crippen molar-refractivity contribution in [1.29, 1.82) is 0 Å². The molecule has 0 saturated heterocycles. The van der Waals surface area contributed by atoms with Crippen molar-refractivity contribution in [2.75, 3.05) is 0 Å². The van der Waals surface area contributed by atoms with Crippen LogP contribution in [-0.2, 0) is 0 Å². The Balaban J connectivity index is 1.71. The van der Waals surface area contributed by atoms with Crippen LogP contribution in [0.2, 0.25) is 20.1 Å². The molecule has 10 heteroatoms. The molecule has 0 aliphatic heterocycles. The molecule has 0 amide bonds. The quantitative estimate of drug-likeness (QED) is 0.0905. The molecule has 1 heterocycles. The minimum Gasteiger partial charge on any atom is -0.289 e. The fourth-order valence-electron chi connectivity index (χ4n) is 5.12. The van der Waals surface area contributed by atoms with Crippen LogP contribution >= 0.6 is 46.4 Å². The van der Waals surface area contributed by atoms with Gasteiger partial charge in [0.05, 0.1) is 52.7 Å². The SMILES string of the molecule is O=c1c2ccccc2c(=O)c2c1ccc1nc3c(ccc4c(=O)c5c(Cl)c(Cl)c(Cl)c(Cl)c5c(=O)c43)nc12. The van der Waals surface area contributed by atoms with Crippen LogP contribution in [0.25, 0.3) is 65.2 Å². The molecule has 1 aromatic heterocycles. The highest BCUT2D eigenvalue weighted by Crippen LogP contribution is 2.41. The number of fused-ring (bicyclic) bond motifs is 8. The summed E-state index contributed by atoms with van der Waals surface area (Å²) in [7, 11) is 0. The highest BCUT2D eigenvalue weighted by atomic mass is 35.5. The maximum Gasteiger partial charge on any atom is 0.198 e. The molecule has 0 unspecified atom stereocenters. The number of rotatable bonds is 0. The monoisotopic (exact) mass is 576 g/mol. The Hall–Kier alpha value is -3.68. The molecular weight excluding hydrogens is 570 g/mol. The van der Waals surface area contributed by atoms with Crippen LogP contribution in [0.4, 0.5) is 0 Å². The molecule has 0 aliphatic rings. The predicted molar refractivity (Wildman–Crippen MR) is 155 cm³/mol. The summed E-state index contributed by atoms with van der Waals surface area (Å²) in [6.45, 7) is 0. The molecule has 0 fully saturated rings. The van der Waals surface area contributed by atoms with E-state index in [-0.39, 0.29) is 90.7 Å². The molecule has 0 N–H and O–H groups in total. The first kappa shape index (κ1) is 23.4. The van der Waals surface area contributed by atoms with Crippen LogP contribution in [0.15, 0.2) is 67.7 Å². The summed E-state index contributed by atoms with van der Waals surface area (Å²) in [6.07, 6.45) is 0. The van der Waals surface area contributed by atoms with Gasteiger partial charge in [-0.1, -0.05) is 70.7 Å². The Morgan fingerprint density at radius 2 is 0.842 bits per heavy atom. The Morgan fingerprint density at radius 3 is 1.39 bits per heavy atom. The van der Waals surface area contributed by atoms with Gasteiger partial charge in [0.1, 0.15) is 11.0 Å². The van der Waals surface area contributed by atoms with Crippen molar-refractivity contribution in [3.63, 3.8) is 0 Å². The van der Waals surface area contributed by atoms with Gasteiger partial charge in [-0.05, 0) is 24.3 Å². The zero-order valence-corrected chi connectivity index (χ0v) is 21.7. The van der Waals surface area contributed by atoms with Crippen LogP contribution in [0.3, 0.4) is 0 Å². The largest absolute Gasteiger partial charge is 0.289 e. The number of halogens is 4. The third kappa shape index (κ3) is 2.86. The third-order valence-corrected chi connectivity index (χ3v) is 8.66. The molecule has 0 bridgehead atoms. The topological polar surface area (TPSA) is 94.1 Å². The maximum atomic E-state index is 13.7. The van der Waals surface area contributed by atoms with Gasteiger partial charge in [-0.15, -0.1) is 0 Å². The number of hydrogen-bond donors (Lipinski definition) is 0. The van der Waals surface area contributed by atoms with Gasteiger partial charge in [-0.2, -0.15) is 0 Å². The van der Waals surface area contributed by atoms with Crippen LogP contribution in [0.1, 0.15) is 0 Å². The van der Waals surface area contributed by atoms with Crippen LogP contribution in [-0.4, -0.2) is 9.97 Å². The minimum atomic E-state index is -0.613. The molecule has 6 aromatic carbocycles. The summed E-state index contributed by atoms with van der Waals surface area (Å²) in [4.78, 5) is 63.0. The molecular formula is C28H8Cl4N2O4. The lowest BCUT2D eigenvalue weighted by atomic mass is 9.99. The van der Waals surface area contributed by atoms with Gasteiger partial charge in [0.25, 0.3) is 0 Å². The summed E-state index contributed by atoms with van der Waals surface area (Å²) < 4.78 is 0. The maximum absolute atomic E-state index is 13.7. The second-order valence-corrected chi connectivity index (χ2v) is 10.3. The summed E-state index contributed by atoms with van der Waals surface area (Å²) in [5, 5.41) is 0.0790. The standard InChI is InChI=1S/C28H8Cl4N2O4/c29-19-17-18(20(30)22(32)21(19)31)28(38)16-12(27(17)37)6-8-14-24(16)34-13-7-5-11-15(23(13)33-14)26(36)10-4-2-1-3-9(10)25(11)35/h1-8H. The predicted octanol–water partition coefficient (Wildman–Crippen LogP) is 6.33. The van der Waals surface area contributed by atoms with Crippen molar-refractivity contribution in [3.8, 4) is 0 Å². The number of benzene rings is 6. The first-order valence-corrected chi connectivity index (χ1v) is 12.6. The number of hydrogen-bond acceptors (Lipinski definition) is 6. The van der Waals surface area contributed by atoms with Gasteiger partial charge in [0.2, 0.25) is 0 Å². The van der Waals surface area contributed by atoms with E-state index >= 15 is 0 Å². The smallest absolute Gasteiger partial charge is 0.198 e. The first-order valence-electron chi connectivity index (χ1n) is 11.1. The van der Waals surface area contributed by atoms with Crippen LogP contribution < -0.4 is 21.7 Å². The van der Waals surface area contributed by atoms with Gasteiger partial charge in [0, 0.05) is 21.5 Å². The van der Waals surface area contributed by atoms with E-state index in [1.807, 2.05) is 0 Å². The molecule has 182 valence electrons. The lowest BCUT2D eigenvalue weighted by Gasteiger charge is -2.10. The molecule has 7 aromatic rings. The minimum absolute atomic E-state index is 0.0174. The van der Waals surface area contributed by atoms with Gasteiger partial charge in [-0.3, -0.25) is 19.2 Å². The van der Waals surface area contributed by atoms with Crippen molar-refractivity contribution in [1.82, 2.24) is 9.97 Å². The lowest BCUT2D eigenvalue weighted by molar-refractivity contribution is 1.41. The van der Waals surface area contributed by atoms with Crippen LogP contribution in [0.5, 0.6) is 0 Å². The molecule has 0 atom stereocenters. The van der Waals surface area contributed by atoms with E-state index in [9.17, 15) is 19.2 Å². The molecule has 38 heavy (non-hydrogen) atoms. The number of nitrogens with zero attached hydrogens (tertiary/aromatic N) is 2. The van der Waals surface area contributed by atoms with Gasteiger partial charge < -0.3 is 0 Å². The highest BCUT2D eigenvalue weighted by Gasteiger charge is 2.24. The Bertz CT molecular complexity index is 2490. The zero-order chi connectivity index (χ0) is 26.6. The average molecular weight is 578 g/mol. The molecule has 0 radical (unpaired) electrons. The van der Waals surface area contributed by atoms with Crippen molar-refractivity contribution in [2.24, 2.45) is 0 Å². The fourth-order valence-corrected chi connectivity index (χ4v) is 6.15. The van der Waals surface area contributed by atoms with Crippen molar-refractivity contribution in [3.05, 3.63) is 110 Å². The Morgan fingerprint density at radius 1 is 0.421 bits per heavy atom. The fraction of sp³-hybridized carbons (Fsp3) is 0. The summed E-state index contributed by atoms with van der Waals surface area (Å²) in [5.74, 6) is 0. The summed E-state index contributed by atoms with van der Waals surface area (Å²) in [5.41, 5.74) is -0.945. The second kappa shape index (κ2) is 7.91. The number of aromatic nitrogens is 2. The third-order valence-electron chi connectivity index (χ3n) is 6.86. The van der Waals surface area contributed by atoms with Crippen molar-refractivity contribution < 1.29 is 0 Å².